The lowest BCUT2D eigenvalue weighted by Gasteiger charge is -2.36. The van der Waals surface area contributed by atoms with Crippen LogP contribution in [-0.2, 0) is 9.16 Å². The van der Waals surface area contributed by atoms with Gasteiger partial charge in [-0.1, -0.05) is 20.8 Å². The first-order chi connectivity index (χ1) is 10.5. The lowest BCUT2D eigenvalue weighted by Crippen LogP contribution is -2.42. The van der Waals surface area contributed by atoms with E-state index in [0.717, 1.165) is 6.42 Å². The molecular weight excluding hydrogens is 312 g/mol. The van der Waals surface area contributed by atoms with Crippen LogP contribution in [0, 0.1) is 12.8 Å². The highest BCUT2D eigenvalue weighted by molar-refractivity contribution is 6.74. The highest BCUT2D eigenvalue weighted by Crippen LogP contribution is 2.37. The van der Waals surface area contributed by atoms with E-state index >= 15 is 0 Å². The molecule has 6 nitrogen and oxygen atoms in total. The van der Waals surface area contributed by atoms with Crippen LogP contribution in [0.3, 0.4) is 0 Å². The third-order valence-corrected chi connectivity index (χ3v) is 9.50. The van der Waals surface area contributed by atoms with Gasteiger partial charge in [0.05, 0.1) is 6.61 Å². The summed E-state index contributed by atoms with van der Waals surface area (Å²) in [5.41, 5.74) is -0.257. The first-order valence-electron chi connectivity index (χ1n) is 8.09. The van der Waals surface area contributed by atoms with Gasteiger partial charge < -0.3 is 9.16 Å². The minimum atomic E-state index is -1.77. The summed E-state index contributed by atoms with van der Waals surface area (Å²) in [6.45, 7) is 14.0. The number of H-pyrrole nitrogens is 1. The number of ether oxygens (including phenoxy) is 1. The van der Waals surface area contributed by atoms with Crippen molar-refractivity contribution in [2.75, 3.05) is 13.2 Å². The van der Waals surface area contributed by atoms with E-state index in [0.29, 0.717) is 18.8 Å². The van der Waals surface area contributed by atoms with Crippen molar-refractivity contribution in [1.82, 2.24) is 9.55 Å². The van der Waals surface area contributed by atoms with Crippen molar-refractivity contribution in [2.24, 2.45) is 5.92 Å². The molecule has 0 aromatic carbocycles. The van der Waals surface area contributed by atoms with Crippen LogP contribution in [0.25, 0.3) is 0 Å². The van der Waals surface area contributed by atoms with Crippen LogP contribution in [0.2, 0.25) is 18.1 Å². The predicted octanol–water partition coefficient (Wildman–Crippen LogP) is 2.40. The Morgan fingerprint density at radius 2 is 2.04 bits per heavy atom. The second-order valence-corrected chi connectivity index (χ2v) is 12.7. The molecule has 1 aromatic rings. The fraction of sp³-hybridized carbons (Fsp3) is 0.750. The van der Waals surface area contributed by atoms with Gasteiger partial charge in [-0.2, -0.15) is 0 Å². The standard InChI is InChI=1S/C16H28N2O4Si/c1-11-8-18(15(20)17-14(11)19)13-7-12(9-21-13)10-22-23(5,6)16(2,3)4/h8,12-13H,7,9-10H2,1-6H3,(H,17,19,20)/t12-,13-/m1/s1. The number of aryl methyl sites for hydroxylation is 1. The number of aromatic nitrogens is 2. The Morgan fingerprint density at radius 1 is 1.39 bits per heavy atom. The Kier molecular flexibility index (Phi) is 5.03. The smallest absolute Gasteiger partial charge is 0.330 e. The van der Waals surface area contributed by atoms with Gasteiger partial charge in [-0.25, -0.2) is 4.79 Å². The Morgan fingerprint density at radius 3 is 2.65 bits per heavy atom. The first kappa shape index (κ1) is 18.2. The van der Waals surface area contributed by atoms with Crippen molar-refractivity contribution in [3.8, 4) is 0 Å². The van der Waals surface area contributed by atoms with Crippen molar-refractivity contribution >= 4 is 8.32 Å². The normalized spacial score (nSPS) is 22.5. The summed E-state index contributed by atoms with van der Waals surface area (Å²) in [7, 11) is -1.77. The van der Waals surface area contributed by atoms with E-state index in [1.54, 1.807) is 13.1 Å². The third kappa shape index (κ3) is 4.02. The molecule has 1 N–H and O–H groups in total. The fourth-order valence-electron chi connectivity index (χ4n) is 2.32. The predicted molar refractivity (Wildman–Crippen MR) is 92.3 cm³/mol. The van der Waals surface area contributed by atoms with Crippen LogP contribution < -0.4 is 11.2 Å². The van der Waals surface area contributed by atoms with Gasteiger partial charge in [0, 0.05) is 24.3 Å². The van der Waals surface area contributed by atoms with Gasteiger partial charge in [-0.3, -0.25) is 14.3 Å². The second kappa shape index (κ2) is 6.37. The van der Waals surface area contributed by atoms with E-state index in [-0.39, 0.29) is 22.7 Å². The SMILES string of the molecule is Cc1cn([C@H]2C[C@@H](CO[Si](C)(C)C(C)(C)C)CO2)c(=O)[nH]c1=O. The molecule has 1 aliphatic rings. The average Bonchev–Trinajstić information content (AvgIpc) is 2.88. The number of nitrogens with zero attached hydrogens (tertiary/aromatic N) is 1. The lowest BCUT2D eigenvalue weighted by molar-refractivity contribution is 0.0489. The molecule has 0 aliphatic carbocycles. The summed E-state index contributed by atoms with van der Waals surface area (Å²) in [6.07, 6.45) is 1.97. The molecule has 0 unspecified atom stereocenters. The van der Waals surface area contributed by atoms with Gasteiger partial charge in [-0.05, 0) is 31.5 Å². The summed E-state index contributed by atoms with van der Waals surface area (Å²) in [5.74, 6) is 0.272. The summed E-state index contributed by atoms with van der Waals surface area (Å²) >= 11 is 0. The van der Waals surface area contributed by atoms with Crippen LogP contribution >= 0.6 is 0 Å². The van der Waals surface area contributed by atoms with Gasteiger partial charge in [-0.15, -0.1) is 0 Å². The van der Waals surface area contributed by atoms with Crippen LogP contribution in [0.5, 0.6) is 0 Å². The maximum absolute atomic E-state index is 11.9. The molecule has 2 heterocycles. The van der Waals surface area contributed by atoms with Crippen LogP contribution in [0.4, 0.5) is 0 Å². The highest BCUT2D eigenvalue weighted by atomic mass is 28.4. The van der Waals surface area contributed by atoms with E-state index in [9.17, 15) is 9.59 Å². The van der Waals surface area contributed by atoms with Crippen LogP contribution in [0.15, 0.2) is 15.8 Å². The molecule has 0 amide bonds. The largest absolute Gasteiger partial charge is 0.416 e. The van der Waals surface area contributed by atoms with Crippen molar-refractivity contribution in [3.05, 3.63) is 32.6 Å². The summed E-state index contributed by atoms with van der Waals surface area (Å²) in [6, 6.07) is 0. The first-order valence-corrected chi connectivity index (χ1v) is 11.0. The zero-order valence-corrected chi connectivity index (χ0v) is 15.9. The molecule has 2 atom stereocenters. The number of nitrogens with one attached hydrogen (secondary N) is 1. The Hall–Kier alpha value is -1.18. The quantitative estimate of drug-likeness (QED) is 0.854. The number of hydrogen-bond donors (Lipinski definition) is 1. The van der Waals surface area contributed by atoms with E-state index in [1.165, 1.54) is 4.57 Å². The van der Waals surface area contributed by atoms with Crippen LogP contribution in [0.1, 0.15) is 39.0 Å². The molecule has 2 rings (SSSR count). The van der Waals surface area contributed by atoms with Gasteiger partial charge in [0.1, 0.15) is 6.23 Å². The van der Waals surface area contributed by atoms with E-state index in [2.05, 4.69) is 38.8 Å². The van der Waals surface area contributed by atoms with E-state index in [1.807, 2.05) is 0 Å². The van der Waals surface area contributed by atoms with Gasteiger partial charge >= 0.3 is 5.69 Å². The minimum Gasteiger partial charge on any atom is -0.416 e. The van der Waals surface area contributed by atoms with Crippen molar-refractivity contribution in [3.63, 3.8) is 0 Å². The van der Waals surface area contributed by atoms with Crippen LogP contribution in [-0.4, -0.2) is 31.1 Å². The summed E-state index contributed by atoms with van der Waals surface area (Å²) in [4.78, 5) is 25.7. The molecule has 1 aromatic heterocycles. The maximum Gasteiger partial charge on any atom is 0.330 e. The maximum atomic E-state index is 11.9. The molecule has 0 spiro atoms. The summed E-state index contributed by atoms with van der Waals surface area (Å²) in [5, 5.41) is 0.179. The Balaban J connectivity index is 2.01. The molecule has 1 saturated heterocycles. The summed E-state index contributed by atoms with van der Waals surface area (Å²) < 4.78 is 13.5. The monoisotopic (exact) mass is 340 g/mol. The Labute approximate surface area is 138 Å². The van der Waals surface area contributed by atoms with E-state index in [4.69, 9.17) is 9.16 Å². The zero-order chi connectivity index (χ0) is 17.4. The molecule has 130 valence electrons. The molecule has 23 heavy (non-hydrogen) atoms. The highest BCUT2D eigenvalue weighted by Gasteiger charge is 2.38. The number of rotatable bonds is 4. The topological polar surface area (TPSA) is 73.3 Å². The molecule has 0 saturated carbocycles. The van der Waals surface area contributed by atoms with Gasteiger partial charge in [0.2, 0.25) is 0 Å². The van der Waals surface area contributed by atoms with Crippen molar-refractivity contribution in [2.45, 2.75) is 58.5 Å². The second-order valence-electron chi connectivity index (χ2n) is 7.94. The molecular formula is C16H28N2O4Si. The fourth-order valence-corrected chi connectivity index (χ4v) is 3.41. The van der Waals surface area contributed by atoms with Crippen molar-refractivity contribution < 1.29 is 9.16 Å². The molecule has 7 heteroatoms. The molecule has 0 bridgehead atoms. The average molecular weight is 340 g/mol. The lowest BCUT2D eigenvalue weighted by atomic mass is 10.1. The zero-order valence-electron chi connectivity index (χ0n) is 14.9. The third-order valence-electron chi connectivity index (χ3n) is 5.00. The van der Waals surface area contributed by atoms with E-state index < -0.39 is 14.0 Å². The molecule has 1 aliphatic heterocycles. The number of hydrogen-bond acceptors (Lipinski definition) is 4. The number of aromatic amines is 1. The molecule has 0 radical (unpaired) electrons. The molecule has 1 fully saturated rings. The van der Waals surface area contributed by atoms with Gasteiger partial charge in [0.15, 0.2) is 8.32 Å². The van der Waals surface area contributed by atoms with Crippen molar-refractivity contribution in [1.29, 1.82) is 0 Å². The Bertz CT molecular complexity index is 672. The minimum absolute atomic E-state index is 0.179. The van der Waals surface area contributed by atoms with Gasteiger partial charge in [0.25, 0.3) is 5.56 Å².